The molecule has 0 bridgehead atoms. The number of hydrogen-bond donors (Lipinski definition) is 2. The fourth-order valence-electron chi connectivity index (χ4n) is 5.36. The number of nitrogens with zero attached hydrogens (tertiary/aromatic N) is 3. The van der Waals surface area contributed by atoms with Gasteiger partial charge < -0.3 is 14.9 Å². The van der Waals surface area contributed by atoms with E-state index in [9.17, 15) is 10.2 Å². The molecule has 2 atom stereocenters. The molecule has 222 valence electrons. The predicted molar refractivity (Wildman–Crippen MR) is 171 cm³/mol. The number of phenols is 1. The zero-order chi connectivity index (χ0) is 30.2. The number of rotatable bonds is 13. The first-order valence-electron chi connectivity index (χ1n) is 15.2. The summed E-state index contributed by atoms with van der Waals surface area (Å²) in [6.07, 6.45) is 4.37. The van der Waals surface area contributed by atoms with Crippen LogP contribution in [0.5, 0.6) is 5.75 Å². The second kappa shape index (κ2) is 14.5. The first kappa shape index (κ1) is 31.3. The van der Waals surface area contributed by atoms with Gasteiger partial charge in [-0.15, -0.1) is 0 Å². The van der Waals surface area contributed by atoms with Crippen LogP contribution in [0.1, 0.15) is 67.3 Å². The molecule has 0 saturated heterocycles. The normalized spacial score (nSPS) is 12.8. The molecule has 0 saturated carbocycles. The highest BCUT2D eigenvalue weighted by atomic mass is 16.5. The van der Waals surface area contributed by atoms with Crippen LogP contribution in [0.2, 0.25) is 0 Å². The fraction of sp³-hybridized carbons (Fsp3) is 0.417. The fourth-order valence-corrected chi connectivity index (χ4v) is 5.36. The van der Waals surface area contributed by atoms with Crippen molar-refractivity contribution in [1.82, 2.24) is 15.0 Å². The number of aryl methyl sites for hydroxylation is 4. The summed E-state index contributed by atoms with van der Waals surface area (Å²) in [5.41, 5.74) is 7.68. The maximum Gasteiger partial charge on any atom is 0.167 e. The van der Waals surface area contributed by atoms with Gasteiger partial charge in [0.15, 0.2) is 17.5 Å². The molecule has 6 heteroatoms. The number of unbranched alkanes of at least 4 members (excludes halogenated alkanes) is 1. The van der Waals surface area contributed by atoms with Gasteiger partial charge in [-0.2, -0.15) is 0 Å². The number of hydrogen-bond acceptors (Lipinski definition) is 6. The van der Waals surface area contributed by atoms with Crippen molar-refractivity contribution in [2.75, 3.05) is 13.2 Å². The molecule has 1 heterocycles. The molecule has 0 amide bonds. The molecule has 0 fully saturated rings. The quantitative estimate of drug-likeness (QED) is 0.170. The van der Waals surface area contributed by atoms with Crippen LogP contribution >= 0.6 is 0 Å². The minimum absolute atomic E-state index is 0.0654. The maximum absolute atomic E-state index is 11.1. The first-order chi connectivity index (χ1) is 20.2. The Morgan fingerprint density at radius 2 is 1.26 bits per heavy atom. The molecular weight excluding hydrogens is 522 g/mol. The van der Waals surface area contributed by atoms with Crippen molar-refractivity contribution >= 4 is 0 Å². The largest absolute Gasteiger partial charge is 0.507 e. The molecule has 2 N–H and O–H groups in total. The summed E-state index contributed by atoms with van der Waals surface area (Å²) in [4.78, 5) is 14.5. The van der Waals surface area contributed by atoms with Gasteiger partial charge >= 0.3 is 0 Å². The molecule has 6 nitrogen and oxygen atoms in total. The van der Waals surface area contributed by atoms with Crippen molar-refractivity contribution in [2.45, 2.75) is 79.8 Å². The summed E-state index contributed by atoms with van der Waals surface area (Å²) in [7, 11) is 0. The summed E-state index contributed by atoms with van der Waals surface area (Å²) in [5, 5.41) is 21.7. The highest BCUT2D eigenvalue weighted by molar-refractivity contribution is 5.72. The molecule has 0 aliphatic heterocycles. The number of aliphatic hydroxyl groups excluding tert-OH is 1. The van der Waals surface area contributed by atoms with E-state index in [-0.39, 0.29) is 12.4 Å². The van der Waals surface area contributed by atoms with Crippen LogP contribution in [-0.2, 0) is 11.2 Å². The van der Waals surface area contributed by atoms with Crippen LogP contribution in [0.3, 0.4) is 0 Å². The van der Waals surface area contributed by atoms with E-state index in [1.165, 1.54) is 24.0 Å². The average Bonchev–Trinajstić information content (AvgIpc) is 2.94. The van der Waals surface area contributed by atoms with Crippen LogP contribution in [0, 0.1) is 33.6 Å². The van der Waals surface area contributed by atoms with Gasteiger partial charge in [0.1, 0.15) is 5.75 Å². The van der Waals surface area contributed by atoms with Crippen molar-refractivity contribution < 1.29 is 14.9 Å². The number of phenolic OH excluding ortho intramolecular Hbond substituents is 1. The van der Waals surface area contributed by atoms with Gasteiger partial charge in [0.25, 0.3) is 0 Å². The lowest BCUT2D eigenvalue weighted by atomic mass is 10.0. The second-order valence-corrected chi connectivity index (χ2v) is 11.6. The van der Waals surface area contributed by atoms with E-state index in [0.29, 0.717) is 42.0 Å². The molecule has 0 aliphatic rings. The van der Waals surface area contributed by atoms with Gasteiger partial charge in [0, 0.05) is 24.2 Å². The molecular formula is C36H45N3O3. The first-order valence-corrected chi connectivity index (χ1v) is 15.2. The highest BCUT2D eigenvalue weighted by Crippen LogP contribution is 2.32. The van der Waals surface area contributed by atoms with E-state index in [1.807, 2.05) is 24.3 Å². The molecule has 4 aromatic rings. The van der Waals surface area contributed by atoms with Crippen LogP contribution in [0.4, 0.5) is 0 Å². The third-order valence-corrected chi connectivity index (χ3v) is 7.86. The standard InChI is InChI=1S/C36H45N3O3/c1-7-9-10-27(8-2)21-42-22-29(40)19-28-13-16-32(33(41)20-28)36-38-34(30-14-11-23(3)17-25(30)5)37-35(39-36)31-15-12-24(4)18-26(31)6/h11-18,20,27,29,40-41H,7-10,19,21-22H2,1-6H3. The predicted octanol–water partition coefficient (Wildman–Crippen LogP) is 7.95. The van der Waals surface area contributed by atoms with E-state index in [2.05, 4.69) is 65.8 Å². The van der Waals surface area contributed by atoms with Gasteiger partial charge in [0.05, 0.1) is 18.3 Å². The minimum atomic E-state index is -0.650. The highest BCUT2D eigenvalue weighted by Gasteiger charge is 2.18. The zero-order valence-electron chi connectivity index (χ0n) is 25.9. The summed E-state index contributed by atoms with van der Waals surface area (Å²) < 4.78 is 5.85. The van der Waals surface area contributed by atoms with Gasteiger partial charge in [-0.25, -0.2) is 15.0 Å². The second-order valence-electron chi connectivity index (χ2n) is 11.6. The number of ether oxygens (including phenoxy) is 1. The third kappa shape index (κ3) is 8.02. The topological polar surface area (TPSA) is 88.4 Å². The lowest BCUT2D eigenvalue weighted by molar-refractivity contribution is 0.0192. The number of aromatic nitrogens is 3. The number of benzene rings is 3. The van der Waals surface area contributed by atoms with Crippen LogP contribution in [-0.4, -0.2) is 44.5 Å². The van der Waals surface area contributed by atoms with E-state index < -0.39 is 6.10 Å². The summed E-state index contributed by atoms with van der Waals surface area (Å²) in [6, 6.07) is 17.8. The molecule has 2 unspecified atom stereocenters. The van der Waals surface area contributed by atoms with Gasteiger partial charge in [0.2, 0.25) is 0 Å². The van der Waals surface area contributed by atoms with Gasteiger partial charge in [-0.3, -0.25) is 0 Å². The molecule has 4 rings (SSSR count). The summed E-state index contributed by atoms with van der Waals surface area (Å²) >= 11 is 0. The van der Waals surface area contributed by atoms with Crippen molar-refractivity contribution in [2.24, 2.45) is 5.92 Å². The maximum atomic E-state index is 11.1. The third-order valence-electron chi connectivity index (χ3n) is 7.86. The van der Waals surface area contributed by atoms with Crippen LogP contribution in [0.25, 0.3) is 34.2 Å². The zero-order valence-corrected chi connectivity index (χ0v) is 25.9. The summed E-state index contributed by atoms with van der Waals surface area (Å²) in [6.45, 7) is 13.6. The molecule has 1 aromatic heterocycles. The average molecular weight is 568 g/mol. The Bertz CT molecular complexity index is 1430. The summed E-state index contributed by atoms with van der Waals surface area (Å²) in [5.74, 6) is 2.12. The lowest BCUT2D eigenvalue weighted by Gasteiger charge is -2.17. The molecule has 0 radical (unpaired) electrons. The van der Waals surface area contributed by atoms with E-state index in [1.54, 1.807) is 6.07 Å². The Balaban J connectivity index is 1.60. The Morgan fingerprint density at radius 1 is 0.714 bits per heavy atom. The molecule has 0 spiro atoms. The SMILES string of the molecule is CCCCC(CC)COCC(O)Cc1ccc(-c2nc(-c3ccc(C)cc3C)nc(-c3ccc(C)cc3C)n2)c(O)c1. The Labute approximate surface area is 250 Å². The van der Waals surface area contributed by atoms with Crippen molar-refractivity contribution in [3.8, 4) is 39.9 Å². The number of aromatic hydroxyl groups is 1. The Hall–Kier alpha value is -3.61. The van der Waals surface area contributed by atoms with E-state index in [0.717, 1.165) is 40.7 Å². The lowest BCUT2D eigenvalue weighted by Crippen LogP contribution is -2.20. The van der Waals surface area contributed by atoms with E-state index in [4.69, 9.17) is 19.7 Å². The van der Waals surface area contributed by atoms with Crippen LogP contribution in [0.15, 0.2) is 54.6 Å². The van der Waals surface area contributed by atoms with Gasteiger partial charge in [-0.05, 0) is 68.9 Å². The minimum Gasteiger partial charge on any atom is -0.507 e. The Kier molecular flexibility index (Phi) is 10.8. The van der Waals surface area contributed by atoms with Crippen molar-refractivity contribution in [3.63, 3.8) is 0 Å². The van der Waals surface area contributed by atoms with Crippen LogP contribution < -0.4 is 0 Å². The Morgan fingerprint density at radius 3 is 1.76 bits per heavy atom. The van der Waals surface area contributed by atoms with Gasteiger partial charge in [-0.1, -0.05) is 86.7 Å². The smallest absolute Gasteiger partial charge is 0.167 e. The monoisotopic (exact) mass is 567 g/mol. The van der Waals surface area contributed by atoms with Crippen molar-refractivity contribution in [3.05, 3.63) is 82.4 Å². The molecule has 0 aliphatic carbocycles. The molecule has 3 aromatic carbocycles. The van der Waals surface area contributed by atoms with Crippen molar-refractivity contribution in [1.29, 1.82) is 0 Å². The molecule has 42 heavy (non-hydrogen) atoms. The van der Waals surface area contributed by atoms with E-state index >= 15 is 0 Å². The number of aliphatic hydroxyl groups is 1.